The van der Waals surface area contributed by atoms with Crippen molar-refractivity contribution in [2.24, 2.45) is 0 Å². The van der Waals surface area contributed by atoms with Gasteiger partial charge in [-0.05, 0) is 60.2 Å². The zero-order valence-corrected chi connectivity index (χ0v) is 18.3. The van der Waals surface area contributed by atoms with Crippen LogP contribution in [0.1, 0.15) is 17.2 Å². The van der Waals surface area contributed by atoms with Crippen LogP contribution in [-0.2, 0) is 9.59 Å². The molecule has 5 rings (SSSR count). The van der Waals surface area contributed by atoms with Crippen molar-refractivity contribution in [2.45, 2.75) is 6.04 Å². The van der Waals surface area contributed by atoms with Gasteiger partial charge in [0, 0.05) is 17.7 Å². The Morgan fingerprint density at radius 1 is 1.00 bits per heavy atom. The highest BCUT2D eigenvalue weighted by Crippen LogP contribution is 2.44. The number of fused-ring (bicyclic) bond motifs is 1. The van der Waals surface area contributed by atoms with Crippen molar-refractivity contribution < 1.29 is 28.4 Å². The molecule has 0 aliphatic carbocycles. The average molecular weight is 493 g/mol. The number of aliphatic hydroxyl groups excluding tert-OH is 1. The summed E-state index contributed by atoms with van der Waals surface area (Å²) in [5, 5.41) is 22.2. The van der Waals surface area contributed by atoms with Crippen molar-refractivity contribution >= 4 is 49.8 Å². The minimum Gasteiger partial charge on any atom is -0.507 e. The maximum Gasteiger partial charge on any atom is 0.301 e. The van der Waals surface area contributed by atoms with Gasteiger partial charge in [-0.1, -0.05) is 11.3 Å². The third-order valence-corrected chi connectivity index (χ3v) is 6.54. The van der Waals surface area contributed by atoms with E-state index in [-0.39, 0.29) is 22.0 Å². The second kappa shape index (κ2) is 8.37. The number of benzene rings is 3. The highest BCUT2D eigenvalue weighted by atomic mass is 32.1. The third-order valence-electron chi connectivity index (χ3n) is 5.53. The maximum absolute atomic E-state index is 13.7. The molecule has 0 saturated carbocycles. The van der Waals surface area contributed by atoms with Gasteiger partial charge in [-0.3, -0.25) is 24.6 Å². The number of rotatable bonds is 4. The van der Waals surface area contributed by atoms with Crippen LogP contribution in [-0.4, -0.2) is 26.7 Å². The van der Waals surface area contributed by atoms with Crippen LogP contribution in [0, 0.1) is 21.7 Å². The summed E-state index contributed by atoms with van der Waals surface area (Å²) in [6.07, 6.45) is 0. The lowest BCUT2D eigenvalue weighted by atomic mass is 9.95. The Hall–Kier alpha value is -4.51. The summed E-state index contributed by atoms with van der Waals surface area (Å²) < 4.78 is 27.6. The van der Waals surface area contributed by atoms with E-state index in [1.54, 1.807) is 0 Å². The number of Topliss-reactive ketones (excluding diaryl/α,β-unsaturated/α-hetero) is 1. The monoisotopic (exact) mass is 493 g/mol. The second-order valence-corrected chi connectivity index (χ2v) is 8.64. The number of thiazole rings is 1. The van der Waals surface area contributed by atoms with E-state index in [0.29, 0.717) is 15.8 Å². The molecule has 1 aliphatic rings. The van der Waals surface area contributed by atoms with E-state index < -0.39 is 40.0 Å². The highest BCUT2D eigenvalue weighted by Gasteiger charge is 2.48. The molecule has 1 fully saturated rings. The first-order chi connectivity index (χ1) is 16.7. The Morgan fingerprint density at radius 2 is 1.66 bits per heavy atom. The van der Waals surface area contributed by atoms with Gasteiger partial charge in [-0.2, -0.15) is 0 Å². The zero-order chi connectivity index (χ0) is 24.9. The molecule has 4 aromatic rings. The summed E-state index contributed by atoms with van der Waals surface area (Å²) in [6, 6.07) is 12.5. The van der Waals surface area contributed by atoms with Crippen LogP contribution in [0.5, 0.6) is 0 Å². The lowest BCUT2D eigenvalue weighted by Crippen LogP contribution is -2.29. The molecular formula is C24H13F2N3O5S. The topological polar surface area (TPSA) is 114 Å². The van der Waals surface area contributed by atoms with Crippen molar-refractivity contribution in [1.29, 1.82) is 0 Å². The first-order valence-corrected chi connectivity index (χ1v) is 10.9. The predicted molar refractivity (Wildman–Crippen MR) is 124 cm³/mol. The van der Waals surface area contributed by atoms with Gasteiger partial charge in [0.25, 0.3) is 11.5 Å². The van der Waals surface area contributed by atoms with Gasteiger partial charge in [0.1, 0.15) is 17.4 Å². The first kappa shape index (κ1) is 22.3. The van der Waals surface area contributed by atoms with E-state index in [2.05, 4.69) is 4.98 Å². The van der Waals surface area contributed by atoms with Gasteiger partial charge in [0.15, 0.2) is 5.13 Å². The molecule has 1 N–H and O–H groups in total. The Labute approximate surface area is 199 Å². The van der Waals surface area contributed by atoms with Crippen molar-refractivity contribution in [1.82, 2.24) is 4.98 Å². The average Bonchev–Trinajstić information content (AvgIpc) is 3.37. The van der Waals surface area contributed by atoms with Gasteiger partial charge in [0.2, 0.25) is 0 Å². The smallest absolute Gasteiger partial charge is 0.301 e. The quantitative estimate of drug-likeness (QED) is 0.139. The molecule has 1 aliphatic heterocycles. The summed E-state index contributed by atoms with van der Waals surface area (Å²) in [7, 11) is 0. The fourth-order valence-corrected chi connectivity index (χ4v) is 4.89. The molecule has 1 unspecified atom stereocenters. The van der Waals surface area contributed by atoms with E-state index in [1.807, 2.05) is 0 Å². The molecule has 0 spiro atoms. The number of hydrogen-bond donors (Lipinski definition) is 1. The van der Waals surface area contributed by atoms with Gasteiger partial charge in [0.05, 0.1) is 26.8 Å². The van der Waals surface area contributed by atoms with Crippen LogP contribution in [0.4, 0.5) is 19.6 Å². The summed E-state index contributed by atoms with van der Waals surface area (Å²) >= 11 is 0.972. The number of nitro groups is 1. The van der Waals surface area contributed by atoms with E-state index in [0.717, 1.165) is 28.4 Å². The van der Waals surface area contributed by atoms with Crippen LogP contribution in [0.15, 0.2) is 72.3 Å². The fourth-order valence-electron chi connectivity index (χ4n) is 3.88. The van der Waals surface area contributed by atoms with Gasteiger partial charge < -0.3 is 5.11 Å². The van der Waals surface area contributed by atoms with Crippen LogP contribution in [0.2, 0.25) is 0 Å². The summed E-state index contributed by atoms with van der Waals surface area (Å²) in [4.78, 5) is 42.2. The van der Waals surface area contributed by atoms with Crippen LogP contribution >= 0.6 is 11.3 Å². The lowest BCUT2D eigenvalue weighted by Gasteiger charge is -2.22. The Balaban J connectivity index is 1.72. The van der Waals surface area contributed by atoms with E-state index >= 15 is 0 Å². The third kappa shape index (κ3) is 3.81. The number of ketones is 1. The maximum atomic E-state index is 13.7. The van der Waals surface area contributed by atoms with Crippen LogP contribution < -0.4 is 4.90 Å². The molecule has 35 heavy (non-hydrogen) atoms. The minimum absolute atomic E-state index is 0.0780. The molecule has 2 heterocycles. The van der Waals surface area contributed by atoms with Crippen molar-refractivity contribution in [3.8, 4) is 0 Å². The molecule has 3 aromatic carbocycles. The number of nitro benzene ring substituents is 1. The number of carbonyl (C=O) groups excluding carboxylic acids is 2. The van der Waals surface area contributed by atoms with E-state index in [9.17, 15) is 33.6 Å². The number of halogens is 2. The number of hydrogen-bond acceptors (Lipinski definition) is 7. The van der Waals surface area contributed by atoms with Gasteiger partial charge in [-0.15, -0.1) is 0 Å². The number of amides is 1. The second-order valence-electron chi connectivity index (χ2n) is 7.63. The number of nitrogens with zero attached hydrogens (tertiary/aromatic N) is 3. The highest BCUT2D eigenvalue weighted by molar-refractivity contribution is 7.22. The minimum atomic E-state index is -1.19. The largest absolute Gasteiger partial charge is 0.507 e. The zero-order valence-electron chi connectivity index (χ0n) is 17.5. The normalized spacial score (nSPS) is 17.3. The molecular weight excluding hydrogens is 480 g/mol. The lowest BCUT2D eigenvalue weighted by molar-refractivity contribution is -0.384. The number of aliphatic hydroxyl groups is 1. The fraction of sp³-hybridized carbons (Fsp3) is 0.0417. The van der Waals surface area contributed by atoms with E-state index in [4.69, 9.17) is 0 Å². The molecule has 1 amide bonds. The Morgan fingerprint density at radius 3 is 2.31 bits per heavy atom. The predicted octanol–water partition coefficient (Wildman–Crippen LogP) is 5.11. The molecule has 11 heteroatoms. The van der Waals surface area contributed by atoms with Crippen LogP contribution in [0.3, 0.4) is 0 Å². The summed E-state index contributed by atoms with van der Waals surface area (Å²) in [5.41, 5.74) is 0.293. The van der Waals surface area contributed by atoms with Crippen molar-refractivity contribution in [3.63, 3.8) is 0 Å². The molecule has 0 bridgehead atoms. The number of anilines is 1. The number of aromatic nitrogens is 1. The van der Waals surface area contributed by atoms with Crippen molar-refractivity contribution in [3.05, 3.63) is 105 Å². The number of carbonyl (C=O) groups is 2. The standard InChI is InChI=1S/C24H13F2N3O5S/c25-14-5-1-13(2-6-14)21(30)19-20(12-3-8-16(9-4-12)29(33)34)28(23(32)22(19)31)24-27-17-10-7-15(26)11-18(17)35-24/h1-11,20,30H. The molecule has 1 atom stereocenters. The molecule has 1 aromatic heterocycles. The molecule has 0 radical (unpaired) electrons. The van der Waals surface area contributed by atoms with Crippen LogP contribution in [0.25, 0.3) is 16.0 Å². The van der Waals surface area contributed by atoms with Gasteiger partial charge >= 0.3 is 5.91 Å². The van der Waals surface area contributed by atoms with Crippen molar-refractivity contribution in [2.75, 3.05) is 4.90 Å². The SMILES string of the molecule is O=C1C(=O)N(c2nc3ccc(F)cc3s2)C(c2ccc([N+](=O)[O-])cc2)C1=C(O)c1ccc(F)cc1. The Kier molecular flexibility index (Phi) is 5.33. The molecule has 1 saturated heterocycles. The molecule has 8 nitrogen and oxygen atoms in total. The molecule has 174 valence electrons. The Bertz CT molecular complexity index is 1550. The number of non-ortho nitro benzene ring substituents is 1. The first-order valence-electron chi connectivity index (χ1n) is 10.1. The van der Waals surface area contributed by atoms with Gasteiger partial charge in [-0.25, -0.2) is 13.8 Å². The summed E-state index contributed by atoms with van der Waals surface area (Å²) in [5.74, 6) is -3.60. The summed E-state index contributed by atoms with van der Waals surface area (Å²) in [6.45, 7) is 0. The van der Waals surface area contributed by atoms with E-state index in [1.165, 1.54) is 54.6 Å².